The van der Waals surface area contributed by atoms with E-state index in [1.165, 1.54) is 45.1 Å². The highest BCUT2D eigenvalue weighted by atomic mass is 32.1. The summed E-state index contributed by atoms with van der Waals surface area (Å²) in [6.45, 7) is 4.12. The van der Waals surface area contributed by atoms with E-state index in [9.17, 15) is 0 Å². The van der Waals surface area contributed by atoms with Crippen molar-refractivity contribution in [1.29, 1.82) is 0 Å². The van der Waals surface area contributed by atoms with Gasteiger partial charge in [-0.05, 0) is 38.1 Å². The minimum atomic E-state index is 0.797. The van der Waals surface area contributed by atoms with Crippen LogP contribution in [-0.2, 0) is 4.74 Å². The van der Waals surface area contributed by atoms with E-state index in [0.29, 0.717) is 0 Å². The van der Waals surface area contributed by atoms with Crippen molar-refractivity contribution in [3.8, 4) is 0 Å². The molecule has 0 aromatic rings. The first-order chi connectivity index (χ1) is 7.92. The van der Waals surface area contributed by atoms with Crippen molar-refractivity contribution in [3.63, 3.8) is 0 Å². The topological polar surface area (TPSA) is 12.5 Å². The molecule has 1 aliphatic carbocycles. The van der Waals surface area contributed by atoms with Gasteiger partial charge < -0.3 is 4.74 Å². The first kappa shape index (κ1) is 12.7. The standard InChI is InChI=1S/C13H25NOS/c16-11-10-15-9-8-14-7-3-5-12-4-1-2-6-13(12)14/h12-13,16H,1-11H2. The normalized spacial score (nSPS) is 31.3. The molecule has 2 unspecified atom stereocenters. The summed E-state index contributed by atoms with van der Waals surface area (Å²) in [7, 11) is 0. The molecule has 2 fully saturated rings. The third-order valence-corrected chi connectivity index (χ3v) is 4.30. The van der Waals surface area contributed by atoms with Crippen LogP contribution < -0.4 is 0 Å². The zero-order valence-electron chi connectivity index (χ0n) is 10.2. The maximum Gasteiger partial charge on any atom is 0.0593 e. The summed E-state index contributed by atoms with van der Waals surface area (Å²) in [4.78, 5) is 2.69. The highest BCUT2D eigenvalue weighted by Crippen LogP contribution is 2.34. The molecule has 16 heavy (non-hydrogen) atoms. The van der Waals surface area contributed by atoms with Crippen LogP contribution in [0.4, 0.5) is 0 Å². The number of likely N-dealkylation sites (tertiary alicyclic amines) is 1. The molecule has 1 saturated heterocycles. The van der Waals surface area contributed by atoms with E-state index >= 15 is 0 Å². The van der Waals surface area contributed by atoms with Crippen molar-refractivity contribution < 1.29 is 4.74 Å². The van der Waals surface area contributed by atoms with Gasteiger partial charge in [0.25, 0.3) is 0 Å². The first-order valence-electron chi connectivity index (χ1n) is 6.84. The smallest absolute Gasteiger partial charge is 0.0593 e. The molecule has 0 N–H and O–H groups in total. The van der Waals surface area contributed by atoms with Crippen LogP contribution in [0.3, 0.4) is 0 Å². The van der Waals surface area contributed by atoms with E-state index in [2.05, 4.69) is 17.5 Å². The third-order valence-electron chi connectivity index (χ3n) is 4.12. The molecule has 0 radical (unpaired) electrons. The van der Waals surface area contributed by atoms with E-state index in [4.69, 9.17) is 4.74 Å². The Morgan fingerprint density at radius 2 is 1.88 bits per heavy atom. The zero-order valence-corrected chi connectivity index (χ0v) is 11.1. The van der Waals surface area contributed by atoms with Gasteiger partial charge in [-0.1, -0.05) is 12.8 Å². The first-order valence-corrected chi connectivity index (χ1v) is 7.47. The molecule has 2 nitrogen and oxygen atoms in total. The summed E-state index contributed by atoms with van der Waals surface area (Å²) in [6.07, 6.45) is 8.67. The number of rotatable bonds is 5. The van der Waals surface area contributed by atoms with Gasteiger partial charge in [-0.3, -0.25) is 4.90 Å². The number of nitrogens with zero attached hydrogens (tertiary/aromatic N) is 1. The van der Waals surface area contributed by atoms with Gasteiger partial charge >= 0.3 is 0 Å². The lowest BCUT2D eigenvalue weighted by atomic mass is 9.78. The Morgan fingerprint density at radius 1 is 1.06 bits per heavy atom. The molecule has 94 valence electrons. The molecule has 2 atom stereocenters. The van der Waals surface area contributed by atoms with Crippen molar-refractivity contribution in [2.75, 3.05) is 32.1 Å². The van der Waals surface area contributed by atoms with Crippen LogP contribution in [0.1, 0.15) is 38.5 Å². The van der Waals surface area contributed by atoms with Gasteiger partial charge in [0.2, 0.25) is 0 Å². The van der Waals surface area contributed by atoms with Gasteiger partial charge in [-0.25, -0.2) is 0 Å². The maximum absolute atomic E-state index is 5.55. The van der Waals surface area contributed by atoms with Crippen LogP contribution >= 0.6 is 12.6 Å². The second-order valence-electron chi connectivity index (χ2n) is 5.13. The minimum absolute atomic E-state index is 0.797. The fourth-order valence-electron chi connectivity index (χ4n) is 3.35. The van der Waals surface area contributed by atoms with Crippen molar-refractivity contribution >= 4 is 12.6 Å². The summed E-state index contributed by atoms with van der Waals surface area (Å²) in [6, 6.07) is 0.877. The molecular formula is C13H25NOS. The third kappa shape index (κ3) is 3.38. The Kier molecular flexibility index (Phi) is 5.46. The van der Waals surface area contributed by atoms with Crippen LogP contribution in [0.2, 0.25) is 0 Å². The lowest BCUT2D eigenvalue weighted by molar-refractivity contribution is 0.0320. The van der Waals surface area contributed by atoms with E-state index in [1.807, 2.05) is 0 Å². The zero-order chi connectivity index (χ0) is 11.2. The fraction of sp³-hybridized carbons (Fsp3) is 1.00. The molecular weight excluding hydrogens is 218 g/mol. The Bertz CT molecular complexity index is 198. The molecule has 0 amide bonds. The van der Waals surface area contributed by atoms with E-state index < -0.39 is 0 Å². The van der Waals surface area contributed by atoms with Gasteiger partial charge in [0, 0.05) is 18.3 Å². The molecule has 0 bridgehead atoms. The van der Waals surface area contributed by atoms with Crippen molar-refractivity contribution in [2.24, 2.45) is 5.92 Å². The molecule has 1 aliphatic heterocycles. The van der Waals surface area contributed by atoms with Crippen LogP contribution in [0.15, 0.2) is 0 Å². The molecule has 0 aromatic heterocycles. The Balaban J connectivity index is 1.74. The van der Waals surface area contributed by atoms with Crippen molar-refractivity contribution in [1.82, 2.24) is 4.90 Å². The van der Waals surface area contributed by atoms with Gasteiger partial charge in [-0.15, -0.1) is 0 Å². The quantitative estimate of drug-likeness (QED) is 0.588. The van der Waals surface area contributed by atoms with E-state index in [-0.39, 0.29) is 0 Å². The average molecular weight is 243 g/mol. The van der Waals surface area contributed by atoms with Crippen LogP contribution in [0, 0.1) is 5.92 Å². The second-order valence-corrected chi connectivity index (χ2v) is 5.57. The van der Waals surface area contributed by atoms with Gasteiger partial charge in [0.1, 0.15) is 0 Å². The van der Waals surface area contributed by atoms with E-state index in [0.717, 1.165) is 37.5 Å². The highest BCUT2D eigenvalue weighted by Gasteiger charge is 2.32. The number of thiol groups is 1. The van der Waals surface area contributed by atoms with Crippen molar-refractivity contribution in [3.05, 3.63) is 0 Å². The van der Waals surface area contributed by atoms with Crippen LogP contribution in [0.25, 0.3) is 0 Å². The van der Waals surface area contributed by atoms with Crippen LogP contribution in [0.5, 0.6) is 0 Å². The van der Waals surface area contributed by atoms with Gasteiger partial charge in [-0.2, -0.15) is 12.6 Å². The number of piperidine rings is 1. The predicted octanol–water partition coefficient (Wildman–Crippen LogP) is 2.59. The molecule has 0 aromatic carbocycles. The SMILES string of the molecule is SCCOCCN1CCCC2CCCCC21. The molecule has 3 heteroatoms. The summed E-state index contributed by atoms with van der Waals surface area (Å²) < 4.78 is 5.55. The number of hydrogen-bond donors (Lipinski definition) is 1. The largest absolute Gasteiger partial charge is 0.379 e. The predicted molar refractivity (Wildman–Crippen MR) is 71.2 cm³/mol. The number of fused-ring (bicyclic) bond motifs is 1. The monoisotopic (exact) mass is 243 g/mol. The molecule has 0 spiro atoms. The molecule has 2 aliphatic rings. The van der Waals surface area contributed by atoms with Gasteiger partial charge in [0.15, 0.2) is 0 Å². The molecule has 1 saturated carbocycles. The lowest BCUT2D eigenvalue weighted by Gasteiger charge is -2.44. The average Bonchev–Trinajstić information content (AvgIpc) is 2.35. The summed E-state index contributed by atoms with van der Waals surface area (Å²) >= 11 is 4.16. The summed E-state index contributed by atoms with van der Waals surface area (Å²) in [5, 5.41) is 0. The van der Waals surface area contributed by atoms with Crippen molar-refractivity contribution in [2.45, 2.75) is 44.6 Å². The number of ether oxygens (including phenoxy) is 1. The molecule has 2 rings (SSSR count). The fourth-order valence-corrected chi connectivity index (χ4v) is 3.48. The Morgan fingerprint density at radius 3 is 2.75 bits per heavy atom. The van der Waals surface area contributed by atoms with Crippen LogP contribution in [-0.4, -0.2) is 43.0 Å². The maximum atomic E-state index is 5.55. The minimum Gasteiger partial charge on any atom is -0.379 e. The lowest BCUT2D eigenvalue weighted by Crippen LogP contribution is -2.47. The Labute approximate surface area is 105 Å². The second kappa shape index (κ2) is 6.87. The van der Waals surface area contributed by atoms with E-state index in [1.54, 1.807) is 0 Å². The Hall–Kier alpha value is 0.270. The highest BCUT2D eigenvalue weighted by molar-refractivity contribution is 7.80. The summed E-state index contributed by atoms with van der Waals surface area (Å²) in [5.41, 5.74) is 0. The number of hydrogen-bond acceptors (Lipinski definition) is 3. The van der Waals surface area contributed by atoms with Gasteiger partial charge in [0.05, 0.1) is 13.2 Å². The summed E-state index contributed by atoms with van der Waals surface area (Å²) in [5.74, 6) is 1.83. The molecule has 1 heterocycles.